The number of carboxylic acid groups (broad SMARTS) is 1. The van der Waals surface area contributed by atoms with Gasteiger partial charge in [0.15, 0.2) is 0 Å². The van der Waals surface area contributed by atoms with Crippen LogP contribution in [0.4, 0.5) is 11.4 Å². The molecule has 19 heavy (non-hydrogen) atoms. The van der Waals surface area contributed by atoms with Crippen LogP contribution in [0.2, 0.25) is 0 Å². The van der Waals surface area contributed by atoms with Gasteiger partial charge in [0.2, 0.25) is 0 Å². The van der Waals surface area contributed by atoms with E-state index in [0.717, 1.165) is 38.2 Å². The molecule has 0 aliphatic carbocycles. The number of nitrogen functional groups attached to an aromatic ring is 1. The van der Waals surface area contributed by atoms with Crippen LogP contribution in [0.3, 0.4) is 0 Å². The quantitative estimate of drug-likeness (QED) is 0.811. The molecule has 0 unspecified atom stereocenters. The normalized spacial score (nSPS) is 16.6. The van der Waals surface area contributed by atoms with Gasteiger partial charge in [-0.3, -0.25) is 0 Å². The van der Waals surface area contributed by atoms with Crippen LogP contribution in [0, 0.1) is 5.92 Å². The lowest BCUT2D eigenvalue weighted by atomic mass is 9.97. The average molecular weight is 264 g/mol. The van der Waals surface area contributed by atoms with E-state index in [4.69, 9.17) is 15.6 Å². The van der Waals surface area contributed by atoms with Crippen molar-refractivity contribution in [3.63, 3.8) is 0 Å². The highest BCUT2D eigenvalue weighted by Crippen LogP contribution is 2.30. The average Bonchev–Trinajstić information content (AvgIpc) is 2.40. The molecule has 5 nitrogen and oxygen atoms in total. The van der Waals surface area contributed by atoms with E-state index in [9.17, 15) is 4.79 Å². The van der Waals surface area contributed by atoms with Crippen molar-refractivity contribution in [3.05, 3.63) is 23.8 Å². The predicted molar refractivity (Wildman–Crippen MR) is 74.6 cm³/mol. The Labute approximate surface area is 113 Å². The Morgan fingerprint density at radius 3 is 2.74 bits per heavy atom. The topological polar surface area (TPSA) is 75.8 Å². The van der Waals surface area contributed by atoms with Gasteiger partial charge in [0.1, 0.15) is 0 Å². The Morgan fingerprint density at radius 1 is 1.47 bits per heavy atom. The van der Waals surface area contributed by atoms with E-state index in [2.05, 4.69) is 4.90 Å². The van der Waals surface area contributed by atoms with Crippen molar-refractivity contribution >= 4 is 17.3 Å². The number of piperidine rings is 1. The number of anilines is 2. The molecule has 0 spiro atoms. The van der Waals surface area contributed by atoms with Gasteiger partial charge in [-0.25, -0.2) is 4.79 Å². The summed E-state index contributed by atoms with van der Waals surface area (Å²) in [6, 6.07) is 5.17. The lowest BCUT2D eigenvalue weighted by molar-refractivity contribution is 0.0698. The Balaban J connectivity index is 2.11. The predicted octanol–water partition coefficient (Wildman–Crippen LogP) is 1.83. The number of rotatable bonds is 4. The number of para-hydroxylation sites is 1. The molecular formula is C14H20N2O3. The van der Waals surface area contributed by atoms with Gasteiger partial charge < -0.3 is 20.5 Å². The van der Waals surface area contributed by atoms with Crippen LogP contribution in [-0.4, -0.2) is 37.9 Å². The van der Waals surface area contributed by atoms with E-state index in [0.29, 0.717) is 11.6 Å². The molecule has 0 amide bonds. The van der Waals surface area contributed by atoms with Gasteiger partial charge in [-0.1, -0.05) is 6.07 Å². The van der Waals surface area contributed by atoms with Crippen LogP contribution >= 0.6 is 0 Å². The van der Waals surface area contributed by atoms with Crippen molar-refractivity contribution in [1.29, 1.82) is 0 Å². The SMILES string of the molecule is COCC1CCN(c2cccc(C(=O)O)c2N)CC1. The number of hydrogen-bond donors (Lipinski definition) is 2. The molecule has 1 aromatic carbocycles. The molecule has 1 aliphatic rings. The number of carboxylic acids is 1. The number of carbonyl (C=O) groups is 1. The second kappa shape index (κ2) is 5.93. The minimum absolute atomic E-state index is 0.177. The zero-order valence-corrected chi connectivity index (χ0v) is 11.1. The smallest absolute Gasteiger partial charge is 0.337 e. The van der Waals surface area contributed by atoms with Crippen molar-refractivity contribution in [2.24, 2.45) is 5.92 Å². The highest BCUT2D eigenvalue weighted by molar-refractivity contribution is 5.97. The minimum Gasteiger partial charge on any atom is -0.478 e. The maximum atomic E-state index is 11.1. The number of hydrogen-bond acceptors (Lipinski definition) is 4. The third-order valence-electron chi connectivity index (χ3n) is 3.67. The third kappa shape index (κ3) is 2.98. The van der Waals surface area contributed by atoms with Crippen LogP contribution in [-0.2, 0) is 4.74 Å². The van der Waals surface area contributed by atoms with Gasteiger partial charge in [0, 0.05) is 26.8 Å². The summed E-state index contributed by atoms with van der Waals surface area (Å²) in [6.45, 7) is 2.57. The number of nitrogens with two attached hydrogens (primary N) is 1. The Kier molecular flexibility index (Phi) is 4.27. The molecule has 104 valence electrons. The fourth-order valence-corrected chi connectivity index (χ4v) is 2.59. The van der Waals surface area contributed by atoms with Gasteiger partial charge in [-0.2, -0.15) is 0 Å². The van der Waals surface area contributed by atoms with E-state index >= 15 is 0 Å². The minimum atomic E-state index is -0.978. The maximum Gasteiger partial charge on any atom is 0.337 e. The molecule has 0 bridgehead atoms. The summed E-state index contributed by atoms with van der Waals surface area (Å²) in [5.74, 6) is -0.390. The molecule has 5 heteroatoms. The van der Waals surface area contributed by atoms with Crippen molar-refractivity contribution in [2.45, 2.75) is 12.8 Å². The monoisotopic (exact) mass is 264 g/mol. The molecule has 1 fully saturated rings. The molecule has 0 radical (unpaired) electrons. The summed E-state index contributed by atoms with van der Waals surface area (Å²) in [6.07, 6.45) is 2.09. The Bertz CT molecular complexity index is 454. The van der Waals surface area contributed by atoms with Gasteiger partial charge in [0.25, 0.3) is 0 Å². The number of ether oxygens (including phenoxy) is 1. The lowest BCUT2D eigenvalue weighted by Crippen LogP contribution is -2.35. The Hall–Kier alpha value is -1.75. The van der Waals surface area contributed by atoms with E-state index < -0.39 is 5.97 Å². The van der Waals surface area contributed by atoms with E-state index in [1.807, 2.05) is 6.07 Å². The van der Waals surface area contributed by atoms with Gasteiger partial charge >= 0.3 is 5.97 Å². The summed E-state index contributed by atoms with van der Waals surface area (Å²) < 4.78 is 5.18. The molecule has 1 aliphatic heterocycles. The van der Waals surface area contributed by atoms with E-state index in [-0.39, 0.29) is 5.56 Å². The highest BCUT2D eigenvalue weighted by Gasteiger charge is 2.22. The van der Waals surface area contributed by atoms with Gasteiger partial charge in [-0.15, -0.1) is 0 Å². The standard InChI is InChI=1S/C14H20N2O3/c1-19-9-10-5-7-16(8-6-10)12-4-2-3-11(13(12)15)14(17)18/h2-4,10H,5-9,15H2,1H3,(H,17,18). The summed E-state index contributed by atoms with van der Waals surface area (Å²) in [4.78, 5) is 13.2. The fourth-order valence-electron chi connectivity index (χ4n) is 2.59. The van der Waals surface area contributed by atoms with Crippen molar-refractivity contribution in [3.8, 4) is 0 Å². The largest absolute Gasteiger partial charge is 0.478 e. The molecule has 1 heterocycles. The number of nitrogens with zero attached hydrogens (tertiary/aromatic N) is 1. The van der Waals surface area contributed by atoms with Crippen molar-refractivity contribution in [1.82, 2.24) is 0 Å². The van der Waals surface area contributed by atoms with Crippen LogP contribution < -0.4 is 10.6 Å². The first-order valence-corrected chi connectivity index (χ1v) is 6.49. The van der Waals surface area contributed by atoms with Crippen LogP contribution in [0.15, 0.2) is 18.2 Å². The third-order valence-corrected chi connectivity index (χ3v) is 3.67. The zero-order chi connectivity index (χ0) is 13.8. The zero-order valence-electron chi connectivity index (χ0n) is 11.1. The van der Waals surface area contributed by atoms with Crippen LogP contribution in [0.1, 0.15) is 23.2 Å². The molecular weight excluding hydrogens is 244 g/mol. The lowest BCUT2D eigenvalue weighted by Gasteiger charge is -2.34. The first-order valence-electron chi connectivity index (χ1n) is 6.49. The summed E-state index contributed by atoms with van der Waals surface area (Å²) in [5.41, 5.74) is 7.33. The first-order chi connectivity index (χ1) is 9.13. The number of methoxy groups -OCH3 is 1. The maximum absolute atomic E-state index is 11.1. The van der Waals surface area contributed by atoms with Crippen LogP contribution in [0.5, 0.6) is 0 Å². The van der Waals surface area contributed by atoms with Crippen molar-refractivity contribution in [2.75, 3.05) is 37.4 Å². The molecule has 1 saturated heterocycles. The first kappa shape index (κ1) is 13.7. The molecule has 0 aromatic heterocycles. The molecule has 1 aromatic rings. The molecule has 3 N–H and O–H groups in total. The van der Waals surface area contributed by atoms with Gasteiger partial charge in [-0.05, 0) is 30.9 Å². The Morgan fingerprint density at radius 2 is 2.16 bits per heavy atom. The molecule has 2 rings (SSSR count). The number of benzene rings is 1. The summed E-state index contributed by atoms with van der Waals surface area (Å²) in [7, 11) is 1.72. The second-order valence-electron chi connectivity index (χ2n) is 4.93. The van der Waals surface area contributed by atoms with E-state index in [1.165, 1.54) is 0 Å². The van der Waals surface area contributed by atoms with E-state index in [1.54, 1.807) is 19.2 Å². The summed E-state index contributed by atoms with van der Waals surface area (Å²) in [5, 5.41) is 9.09. The molecule has 0 saturated carbocycles. The van der Waals surface area contributed by atoms with Crippen molar-refractivity contribution < 1.29 is 14.6 Å². The number of aromatic carboxylic acids is 1. The highest BCUT2D eigenvalue weighted by atomic mass is 16.5. The molecule has 0 atom stereocenters. The van der Waals surface area contributed by atoms with Gasteiger partial charge in [0.05, 0.1) is 16.9 Å². The van der Waals surface area contributed by atoms with Crippen LogP contribution in [0.25, 0.3) is 0 Å². The second-order valence-corrected chi connectivity index (χ2v) is 4.93. The fraction of sp³-hybridized carbons (Fsp3) is 0.500. The summed E-state index contributed by atoms with van der Waals surface area (Å²) >= 11 is 0.